The largest absolute Gasteiger partial charge is 0.508 e. The zero-order valence-electron chi connectivity index (χ0n) is 25.7. The van der Waals surface area contributed by atoms with Crippen molar-refractivity contribution in [1.82, 2.24) is 4.90 Å². The minimum Gasteiger partial charge on any atom is -0.508 e. The van der Waals surface area contributed by atoms with E-state index in [1.165, 1.54) is 22.8 Å². The van der Waals surface area contributed by atoms with Crippen molar-refractivity contribution >= 4 is 21.0 Å². The number of sulfone groups is 1. The summed E-state index contributed by atoms with van der Waals surface area (Å²) in [6, 6.07) is 12.9. The number of benzene rings is 2. The summed E-state index contributed by atoms with van der Waals surface area (Å²) in [6.45, 7) is 2.02. The van der Waals surface area contributed by atoms with E-state index in [0.717, 1.165) is 94.8 Å². The number of hydrogen-bond acceptors (Lipinski definition) is 4. The number of allylic oxidation sites excluding steroid dienone is 2. The Kier molecular flexibility index (Phi) is 12.7. The first-order chi connectivity index (χ1) is 21.0. The molecule has 0 unspecified atom stereocenters. The normalized spacial score (nSPS) is 18.0. The summed E-state index contributed by atoms with van der Waals surface area (Å²) in [5, 5.41) is 10.1. The Morgan fingerprint density at radius 1 is 0.886 bits per heavy atom. The molecule has 44 heavy (non-hydrogen) atoms. The summed E-state index contributed by atoms with van der Waals surface area (Å²) in [7, 11) is -3.31. The van der Waals surface area contributed by atoms with Crippen LogP contribution in [-0.4, -0.2) is 55.2 Å². The molecule has 2 aromatic rings. The molecule has 9 heteroatoms. The second-order valence-corrected chi connectivity index (χ2v) is 14.8. The van der Waals surface area contributed by atoms with Gasteiger partial charge in [0.15, 0.2) is 0 Å². The average Bonchev–Trinajstić information content (AvgIpc) is 3.32. The number of hydrogen-bond donors (Lipinski definition) is 1. The van der Waals surface area contributed by atoms with Gasteiger partial charge in [-0.1, -0.05) is 31.0 Å². The van der Waals surface area contributed by atoms with E-state index in [2.05, 4.69) is 4.90 Å². The van der Waals surface area contributed by atoms with Crippen molar-refractivity contribution < 1.29 is 31.1 Å². The maximum Gasteiger partial charge on any atom is 0.389 e. The van der Waals surface area contributed by atoms with Crippen LogP contribution in [0.15, 0.2) is 42.5 Å². The predicted molar refractivity (Wildman–Crippen MR) is 170 cm³/mol. The van der Waals surface area contributed by atoms with E-state index in [9.17, 15) is 31.1 Å². The minimum atomic E-state index is -4.23. The number of fused-ring (bicyclic) bond motifs is 1. The van der Waals surface area contributed by atoms with Crippen LogP contribution >= 0.6 is 0 Å². The fourth-order valence-electron chi connectivity index (χ4n) is 6.91. The van der Waals surface area contributed by atoms with Crippen molar-refractivity contribution in [2.75, 3.05) is 24.6 Å². The van der Waals surface area contributed by atoms with Gasteiger partial charge < -0.3 is 10.0 Å². The first kappa shape index (κ1) is 34.5. The zero-order valence-corrected chi connectivity index (χ0v) is 26.5. The minimum absolute atomic E-state index is 0.0551. The lowest BCUT2D eigenvalue weighted by atomic mass is 9.89. The molecule has 244 valence electrons. The molecule has 0 bridgehead atoms. The van der Waals surface area contributed by atoms with Gasteiger partial charge in [0, 0.05) is 12.5 Å². The van der Waals surface area contributed by atoms with Gasteiger partial charge in [0.2, 0.25) is 0 Å². The Hall–Kier alpha value is -2.39. The highest BCUT2D eigenvalue weighted by Gasteiger charge is 2.27. The summed E-state index contributed by atoms with van der Waals surface area (Å²) in [5.74, 6) is -0.0589. The van der Waals surface area contributed by atoms with Crippen LogP contribution in [0.3, 0.4) is 0 Å². The number of phenols is 1. The molecule has 1 N–H and O–H groups in total. The number of aromatic hydroxyl groups is 1. The van der Waals surface area contributed by atoms with Gasteiger partial charge in [-0.05, 0) is 142 Å². The number of halogens is 4. The Morgan fingerprint density at radius 2 is 1.68 bits per heavy atom. The quantitative estimate of drug-likeness (QED) is 0.147. The Balaban J connectivity index is 1.22. The zero-order chi connectivity index (χ0) is 31.6. The van der Waals surface area contributed by atoms with E-state index in [0.29, 0.717) is 12.5 Å². The highest BCUT2D eigenvalue weighted by molar-refractivity contribution is 7.91. The molecule has 0 aromatic heterocycles. The molecule has 0 spiro atoms. The molecule has 4 rings (SSSR count). The monoisotopic (exact) mass is 637 g/mol. The smallest absolute Gasteiger partial charge is 0.389 e. The van der Waals surface area contributed by atoms with Crippen LogP contribution in [0.1, 0.15) is 107 Å². The topological polar surface area (TPSA) is 57.6 Å². The molecule has 1 heterocycles. The van der Waals surface area contributed by atoms with Crippen LogP contribution < -0.4 is 0 Å². The Morgan fingerprint density at radius 3 is 2.48 bits per heavy atom. The lowest BCUT2D eigenvalue weighted by Crippen LogP contribution is -2.30. The van der Waals surface area contributed by atoms with Crippen LogP contribution in [-0.2, 0) is 16.3 Å². The van der Waals surface area contributed by atoms with Crippen molar-refractivity contribution in [3.05, 3.63) is 65.0 Å². The van der Waals surface area contributed by atoms with Gasteiger partial charge >= 0.3 is 6.18 Å². The molecule has 1 saturated heterocycles. The second-order valence-electron chi connectivity index (χ2n) is 12.5. The SMILES string of the molecule is O=S(=O)(CCCCC(F)(F)F)CCC[C@@H]1CCCN1CCCCCCC1=C(c2cccc(F)c2)CCCc2cc(O)ccc21. The molecule has 0 amide bonds. The number of rotatable bonds is 16. The third kappa shape index (κ3) is 10.9. The number of likely N-dealkylation sites (tertiary alicyclic amines) is 1. The van der Waals surface area contributed by atoms with Crippen LogP contribution in [0.4, 0.5) is 17.6 Å². The van der Waals surface area contributed by atoms with Crippen molar-refractivity contribution in [2.24, 2.45) is 0 Å². The number of phenolic OH excluding ortho intramolecular Hbond substituents is 1. The van der Waals surface area contributed by atoms with Crippen molar-refractivity contribution in [3.63, 3.8) is 0 Å². The maximum atomic E-state index is 14.1. The summed E-state index contributed by atoms with van der Waals surface area (Å²) >= 11 is 0. The number of unbranched alkanes of at least 4 members (excludes halogenated alkanes) is 4. The molecule has 1 aliphatic carbocycles. The Bertz CT molecular complexity index is 1360. The fraction of sp³-hybridized carbons (Fsp3) is 0.600. The van der Waals surface area contributed by atoms with Gasteiger partial charge in [0.1, 0.15) is 21.4 Å². The van der Waals surface area contributed by atoms with E-state index in [1.807, 2.05) is 18.2 Å². The summed E-state index contributed by atoms with van der Waals surface area (Å²) in [5.41, 5.74) is 5.73. The van der Waals surface area contributed by atoms with Crippen LogP contribution in [0.5, 0.6) is 5.75 Å². The molecular weight excluding hydrogens is 590 g/mol. The Labute approximate surface area is 260 Å². The lowest BCUT2D eigenvalue weighted by molar-refractivity contribution is -0.135. The number of alkyl halides is 3. The average molecular weight is 638 g/mol. The highest BCUT2D eigenvalue weighted by Crippen LogP contribution is 2.40. The van der Waals surface area contributed by atoms with Crippen molar-refractivity contribution in [1.29, 1.82) is 0 Å². The van der Waals surface area contributed by atoms with Gasteiger partial charge in [-0.2, -0.15) is 13.2 Å². The van der Waals surface area contributed by atoms with E-state index in [-0.39, 0.29) is 35.9 Å². The first-order valence-electron chi connectivity index (χ1n) is 16.3. The maximum absolute atomic E-state index is 14.1. The van der Waals surface area contributed by atoms with Crippen molar-refractivity contribution in [3.8, 4) is 5.75 Å². The standard InChI is InChI=1S/C35H47F4NO3S/c36-29-13-7-11-27(25-29)32-17-8-12-28-26-31(41)18-19-33(28)34(32)16-3-1-2-5-21-40-22-9-14-30(40)15-10-24-44(42,43)23-6-4-20-35(37,38)39/h7,11,13,18-19,25-26,30,41H,1-6,8-10,12,14-17,20-24H2/t30-/m0/s1. The summed E-state index contributed by atoms with van der Waals surface area (Å²) in [4.78, 5) is 2.48. The van der Waals surface area contributed by atoms with E-state index in [4.69, 9.17) is 0 Å². The molecule has 0 saturated carbocycles. The summed E-state index contributed by atoms with van der Waals surface area (Å²) < 4.78 is 75.6. The van der Waals surface area contributed by atoms with E-state index < -0.39 is 22.4 Å². The molecule has 1 fully saturated rings. The molecule has 1 aliphatic heterocycles. The van der Waals surface area contributed by atoms with Crippen LogP contribution in [0, 0.1) is 5.82 Å². The molecule has 2 aromatic carbocycles. The van der Waals surface area contributed by atoms with Crippen LogP contribution in [0.25, 0.3) is 11.1 Å². The first-order valence-corrected chi connectivity index (χ1v) is 18.1. The molecular formula is C35H47F4NO3S. The van der Waals surface area contributed by atoms with Gasteiger partial charge in [-0.3, -0.25) is 0 Å². The fourth-order valence-corrected chi connectivity index (χ4v) is 8.36. The van der Waals surface area contributed by atoms with Gasteiger partial charge in [-0.25, -0.2) is 12.8 Å². The van der Waals surface area contributed by atoms with E-state index >= 15 is 0 Å². The molecule has 4 nitrogen and oxygen atoms in total. The third-order valence-corrected chi connectivity index (χ3v) is 10.9. The second kappa shape index (κ2) is 16.3. The molecule has 0 radical (unpaired) electrons. The molecule has 2 aliphatic rings. The number of aryl methyl sites for hydroxylation is 1. The lowest BCUT2D eigenvalue weighted by Gasteiger charge is -2.24. The van der Waals surface area contributed by atoms with Crippen molar-refractivity contribution in [2.45, 2.75) is 109 Å². The van der Waals surface area contributed by atoms with Gasteiger partial charge in [0.25, 0.3) is 0 Å². The third-order valence-electron chi connectivity index (χ3n) is 9.10. The highest BCUT2D eigenvalue weighted by atomic mass is 32.2. The van der Waals surface area contributed by atoms with Gasteiger partial charge in [-0.15, -0.1) is 0 Å². The van der Waals surface area contributed by atoms with Crippen LogP contribution in [0.2, 0.25) is 0 Å². The number of nitrogens with zero attached hydrogens (tertiary/aromatic N) is 1. The predicted octanol–water partition coefficient (Wildman–Crippen LogP) is 9.12. The van der Waals surface area contributed by atoms with Gasteiger partial charge in [0.05, 0.1) is 11.5 Å². The van der Waals surface area contributed by atoms with E-state index in [1.54, 1.807) is 18.2 Å². The molecule has 1 atom stereocenters. The summed E-state index contributed by atoms with van der Waals surface area (Å²) in [6.07, 6.45) is 6.24.